The first kappa shape index (κ1) is 12.1. The van der Waals surface area contributed by atoms with Crippen LogP contribution in [0, 0.1) is 6.92 Å². The van der Waals surface area contributed by atoms with E-state index >= 15 is 0 Å². The number of hydrogen-bond donors (Lipinski definition) is 1. The highest BCUT2D eigenvalue weighted by molar-refractivity contribution is 6.30. The summed E-state index contributed by atoms with van der Waals surface area (Å²) < 4.78 is 2.05. The smallest absolute Gasteiger partial charge is 0.110 e. The van der Waals surface area contributed by atoms with Crippen LogP contribution in [0.4, 0.5) is 0 Å². The van der Waals surface area contributed by atoms with Gasteiger partial charge in [0.15, 0.2) is 0 Å². The van der Waals surface area contributed by atoms with Crippen LogP contribution in [0.1, 0.15) is 18.3 Å². The second kappa shape index (κ2) is 4.90. The molecule has 0 saturated carbocycles. The topological polar surface area (TPSA) is 43.8 Å². The summed E-state index contributed by atoms with van der Waals surface area (Å²) in [4.78, 5) is 4.23. The summed E-state index contributed by atoms with van der Waals surface area (Å²) in [5.74, 6) is 0.957. The largest absolute Gasteiger partial charge is 0.328 e. The number of aromatic nitrogens is 2. The highest BCUT2D eigenvalue weighted by Gasteiger charge is 2.09. The average molecular weight is 250 g/mol. The molecule has 90 valence electrons. The minimum atomic E-state index is 0.107. The van der Waals surface area contributed by atoms with Crippen LogP contribution >= 0.6 is 11.6 Å². The first-order valence-electron chi connectivity index (χ1n) is 5.62. The molecule has 1 aromatic carbocycles. The zero-order valence-corrected chi connectivity index (χ0v) is 10.8. The Morgan fingerprint density at radius 2 is 2.24 bits per heavy atom. The molecule has 0 spiro atoms. The normalized spacial score (nSPS) is 12.7. The van der Waals surface area contributed by atoms with E-state index in [0.717, 1.165) is 28.5 Å². The van der Waals surface area contributed by atoms with E-state index in [2.05, 4.69) is 4.98 Å². The average Bonchev–Trinajstić information content (AvgIpc) is 2.64. The molecule has 0 aliphatic rings. The molecule has 2 aromatic rings. The molecule has 0 bridgehead atoms. The molecule has 4 heteroatoms. The third-order valence-electron chi connectivity index (χ3n) is 2.67. The first-order chi connectivity index (χ1) is 8.08. The zero-order valence-electron chi connectivity index (χ0n) is 10.0. The molecule has 0 amide bonds. The lowest BCUT2D eigenvalue weighted by Crippen LogP contribution is -2.19. The van der Waals surface area contributed by atoms with E-state index in [1.165, 1.54) is 0 Å². The van der Waals surface area contributed by atoms with E-state index in [4.69, 9.17) is 17.3 Å². The maximum Gasteiger partial charge on any atom is 0.110 e. The number of rotatable bonds is 3. The van der Waals surface area contributed by atoms with Crippen LogP contribution in [0.3, 0.4) is 0 Å². The van der Waals surface area contributed by atoms with Crippen molar-refractivity contribution in [1.29, 1.82) is 0 Å². The van der Waals surface area contributed by atoms with E-state index in [0.29, 0.717) is 0 Å². The van der Waals surface area contributed by atoms with Gasteiger partial charge in [-0.1, -0.05) is 11.6 Å². The van der Waals surface area contributed by atoms with Gasteiger partial charge in [-0.05, 0) is 44.0 Å². The van der Waals surface area contributed by atoms with Crippen LogP contribution in [0.2, 0.25) is 5.02 Å². The van der Waals surface area contributed by atoms with Gasteiger partial charge >= 0.3 is 0 Å². The number of imidazole rings is 1. The summed E-state index contributed by atoms with van der Waals surface area (Å²) in [5, 5.41) is 0.738. The van der Waals surface area contributed by atoms with Gasteiger partial charge in [-0.2, -0.15) is 0 Å². The van der Waals surface area contributed by atoms with Gasteiger partial charge in [0.2, 0.25) is 0 Å². The predicted octanol–water partition coefficient (Wildman–Crippen LogP) is 2.72. The fraction of sp³-hybridized carbons (Fsp3) is 0.308. The Labute approximate surface area is 106 Å². The van der Waals surface area contributed by atoms with Gasteiger partial charge in [-0.3, -0.25) is 0 Å². The van der Waals surface area contributed by atoms with Crippen LogP contribution in [-0.4, -0.2) is 15.6 Å². The van der Waals surface area contributed by atoms with Crippen molar-refractivity contribution in [3.05, 3.63) is 47.0 Å². The van der Waals surface area contributed by atoms with Crippen LogP contribution in [-0.2, 0) is 6.42 Å². The second-order valence-electron chi connectivity index (χ2n) is 4.30. The molecule has 17 heavy (non-hydrogen) atoms. The van der Waals surface area contributed by atoms with Gasteiger partial charge in [0.1, 0.15) is 5.82 Å². The number of nitrogens with zero attached hydrogens (tertiary/aromatic N) is 2. The quantitative estimate of drug-likeness (QED) is 0.909. The van der Waals surface area contributed by atoms with Crippen LogP contribution in [0.15, 0.2) is 30.6 Å². The summed E-state index contributed by atoms with van der Waals surface area (Å²) in [6.07, 6.45) is 4.54. The van der Waals surface area contributed by atoms with Crippen molar-refractivity contribution in [2.45, 2.75) is 26.3 Å². The zero-order chi connectivity index (χ0) is 12.4. The molecule has 0 fully saturated rings. The Bertz CT molecular complexity index is 517. The minimum absolute atomic E-state index is 0.107. The van der Waals surface area contributed by atoms with Gasteiger partial charge in [0, 0.05) is 23.5 Å². The Balaban J connectivity index is 2.50. The fourth-order valence-electron chi connectivity index (χ4n) is 1.93. The minimum Gasteiger partial charge on any atom is -0.328 e. The molecule has 0 saturated heterocycles. The molecule has 1 heterocycles. The number of halogens is 1. The highest BCUT2D eigenvalue weighted by atomic mass is 35.5. The molecule has 2 N–H and O–H groups in total. The highest BCUT2D eigenvalue weighted by Crippen LogP contribution is 2.22. The van der Waals surface area contributed by atoms with Gasteiger partial charge in [0.25, 0.3) is 0 Å². The summed E-state index contributed by atoms with van der Waals surface area (Å²) >= 11 is 6.04. The van der Waals surface area contributed by atoms with Crippen molar-refractivity contribution >= 4 is 11.6 Å². The maximum atomic E-state index is 6.04. The number of benzene rings is 1. The molecule has 3 nitrogen and oxygen atoms in total. The molecule has 0 aliphatic heterocycles. The first-order valence-corrected chi connectivity index (χ1v) is 6.00. The van der Waals surface area contributed by atoms with Crippen LogP contribution < -0.4 is 5.73 Å². The molecule has 1 aromatic heterocycles. The Morgan fingerprint density at radius 1 is 1.47 bits per heavy atom. The molecule has 0 radical (unpaired) electrons. The molecular weight excluding hydrogens is 234 g/mol. The lowest BCUT2D eigenvalue weighted by molar-refractivity contribution is 0.732. The standard InChI is InChI=1S/C13H16ClN3/c1-9(15)7-11-8-12(14)3-4-13(11)17-6-5-16-10(17)2/h3-6,8-9H,7,15H2,1-2H3. The number of aryl methyl sites for hydroxylation is 1. The Kier molecular flexibility index (Phi) is 3.50. The van der Waals surface area contributed by atoms with E-state index in [9.17, 15) is 0 Å². The summed E-state index contributed by atoms with van der Waals surface area (Å²) in [7, 11) is 0. The van der Waals surface area contributed by atoms with E-state index in [1.807, 2.05) is 42.8 Å². The monoisotopic (exact) mass is 249 g/mol. The van der Waals surface area contributed by atoms with Crippen molar-refractivity contribution < 1.29 is 0 Å². The Hall–Kier alpha value is -1.32. The van der Waals surface area contributed by atoms with Gasteiger partial charge in [-0.15, -0.1) is 0 Å². The lowest BCUT2D eigenvalue weighted by Gasteiger charge is -2.14. The van der Waals surface area contributed by atoms with Crippen LogP contribution in [0.5, 0.6) is 0 Å². The van der Waals surface area contributed by atoms with Crippen molar-refractivity contribution in [3.63, 3.8) is 0 Å². The van der Waals surface area contributed by atoms with Crippen molar-refractivity contribution in [3.8, 4) is 5.69 Å². The number of hydrogen-bond acceptors (Lipinski definition) is 2. The Morgan fingerprint density at radius 3 is 2.82 bits per heavy atom. The molecule has 1 atom stereocenters. The predicted molar refractivity (Wildman–Crippen MR) is 70.7 cm³/mol. The summed E-state index contributed by atoms with van der Waals surface area (Å²) in [5.41, 5.74) is 8.11. The fourth-order valence-corrected chi connectivity index (χ4v) is 2.13. The van der Waals surface area contributed by atoms with Gasteiger partial charge in [-0.25, -0.2) is 4.98 Å². The van der Waals surface area contributed by atoms with E-state index < -0.39 is 0 Å². The maximum absolute atomic E-state index is 6.04. The van der Waals surface area contributed by atoms with Crippen LogP contribution in [0.25, 0.3) is 5.69 Å². The SMILES string of the molecule is Cc1nccn1-c1ccc(Cl)cc1CC(C)N. The second-order valence-corrected chi connectivity index (χ2v) is 4.74. The van der Waals surface area contributed by atoms with Crippen molar-refractivity contribution in [2.75, 3.05) is 0 Å². The van der Waals surface area contributed by atoms with Gasteiger partial charge in [0.05, 0.1) is 5.69 Å². The molecular formula is C13H16ClN3. The molecule has 0 aliphatic carbocycles. The summed E-state index contributed by atoms with van der Waals surface area (Å²) in [6, 6.07) is 5.98. The van der Waals surface area contributed by atoms with E-state index in [1.54, 1.807) is 6.20 Å². The van der Waals surface area contributed by atoms with Gasteiger partial charge < -0.3 is 10.3 Å². The van der Waals surface area contributed by atoms with Crippen molar-refractivity contribution in [1.82, 2.24) is 9.55 Å². The van der Waals surface area contributed by atoms with E-state index in [-0.39, 0.29) is 6.04 Å². The third kappa shape index (κ3) is 2.68. The lowest BCUT2D eigenvalue weighted by atomic mass is 10.1. The van der Waals surface area contributed by atoms with Crippen molar-refractivity contribution in [2.24, 2.45) is 5.73 Å². The third-order valence-corrected chi connectivity index (χ3v) is 2.90. The summed E-state index contributed by atoms with van der Waals surface area (Å²) in [6.45, 7) is 3.97. The molecule has 2 rings (SSSR count). The molecule has 1 unspecified atom stereocenters. The number of nitrogens with two attached hydrogens (primary N) is 1.